The summed E-state index contributed by atoms with van der Waals surface area (Å²) in [6.07, 6.45) is 1.46. The van der Waals surface area contributed by atoms with Crippen LogP contribution in [0.5, 0.6) is 0 Å². The molecule has 2 amide bonds. The fourth-order valence-corrected chi connectivity index (χ4v) is 1.44. The summed E-state index contributed by atoms with van der Waals surface area (Å²) >= 11 is 0. The lowest BCUT2D eigenvalue weighted by molar-refractivity contribution is -0.140. The molecule has 0 bridgehead atoms. The van der Waals surface area contributed by atoms with Gasteiger partial charge in [-0.2, -0.15) is 0 Å². The van der Waals surface area contributed by atoms with Gasteiger partial charge in [-0.05, 0) is 6.42 Å². The van der Waals surface area contributed by atoms with Crippen LogP contribution < -0.4 is 5.73 Å². The number of rotatable bonds is 8. The molecule has 0 aliphatic carbocycles. The second-order valence-electron chi connectivity index (χ2n) is 4.44. The van der Waals surface area contributed by atoms with Gasteiger partial charge in [-0.15, -0.1) is 0 Å². The number of hydrogen-bond donors (Lipinski definition) is 1. The second kappa shape index (κ2) is 8.88. The van der Waals surface area contributed by atoms with E-state index in [4.69, 9.17) is 10.5 Å². The number of nitrogens with two attached hydrogens (primary N) is 1. The minimum absolute atomic E-state index is 0.0482. The third-order valence-corrected chi connectivity index (χ3v) is 2.62. The normalized spacial score (nSPS) is 12.1. The van der Waals surface area contributed by atoms with Crippen molar-refractivity contribution in [3.63, 3.8) is 0 Å². The van der Waals surface area contributed by atoms with Crippen LogP contribution in [-0.4, -0.2) is 68.6 Å². The van der Waals surface area contributed by atoms with Gasteiger partial charge >= 0.3 is 0 Å². The van der Waals surface area contributed by atoms with Gasteiger partial charge in [0.2, 0.25) is 11.8 Å². The Morgan fingerprint density at radius 3 is 2.39 bits per heavy atom. The summed E-state index contributed by atoms with van der Waals surface area (Å²) in [7, 11) is 4.88. The Labute approximate surface area is 109 Å². The van der Waals surface area contributed by atoms with Crippen LogP contribution in [0, 0.1) is 0 Å². The van der Waals surface area contributed by atoms with Gasteiger partial charge < -0.3 is 20.3 Å². The molecule has 0 saturated heterocycles. The van der Waals surface area contributed by atoms with Crippen molar-refractivity contribution in [2.45, 2.75) is 25.8 Å². The van der Waals surface area contributed by atoms with Crippen LogP contribution in [0.25, 0.3) is 0 Å². The minimum Gasteiger partial charge on any atom is -0.383 e. The lowest BCUT2D eigenvalue weighted by Crippen LogP contribution is -2.48. The maximum Gasteiger partial charge on any atom is 0.241 e. The third-order valence-electron chi connectivity index (χ3n) is 2.62. The summed E-state index contributed by atoms with van der Waals surface area (Å²) in [6, 6.07) is -0.540. The maximum absolute atomic E-state index is 12.1. The molecule has 0 aliphatic rings. The lowest BCUT2D eigenvalue weighted by Gasteiger charge is -2.26. The van der Waals surface area contributed by atoms with Gasteiger partial charge in [-0.25, -0.2) is 0 Å². The van der Waals surface area contributed by atoms with Crippen LogP contribution in [0.2, 0.25) is 0 Å². The average Bonchev–Trinajstić information content (AvgIpc) is 2.33. The number of carbonyl (C=O) groups is 2. The highest BCUT2D eigenvalue weighted by molar-refractivity contribution is 5.87. The number of amides is 2. The van der Waals surface area contributed by atoms with Crippen molar-refractivity contribution in [3.8, 4) is 0 Å². The highest BCUT2D eigenvalue weighted by Crippen LogP contribution is 2.01. The van der Waals surface area contributed by atoms with Crippen molar-refractivity contribution in [2.24, 2.45) is 5.73 Å². The summed E-state index contributed by atoms with van der Waals surface area (Å²) in [4.78, 5) is 26.6. The Morgan fingerprint density at radius 1 is 1.33 bits per heavy atom. The number of nitrogens with zero attached hydrogens (tertiary/aromatic N) is 2. The number of likely N-dealkylation sites (N-methyl/N-ethyl adjacent to an activating group) is 1. The predicted molar refractivity (Wildman–Crippen MR) is 70.0 cm³/mol. The van der Waals surface area contributed by atoms with Gasteiger partial charge in [-0.1, -0.05) is 13.3 Å². The van der Waals surface area contributed by atoms with Crippen LogP contribution in [0.1, 0.15) is 19.8 Å². The van der Waals surface area contributed by atoms with E-state index in [9.17, 15) is 9.59 Å². The van der Waals surface area contributed by atoms with Gasteiger partial charge in [0.15, 0.2) is 0 Å². The first-order chi connectivity index (χ1) is 8.43. The van der Waals surface area contributed by atoms with Crippen LogP contribution in [-0.2, 0) is 14.3 Å². The molecule has 6 heteroatoms. The fourth-order valence-electron chi connectivity index (χ4n) is 1.44. The highest BCUT2D eigenvalue weighted by atomic mass is 16.5. The Bertz CT molecular complexity index is 269. The van der Waals surface area contributed by atoms with Crippen molar-refractivity contribution in [1.29, 1.82) is 0 Å². The SMILES string of the molecule is CCCC(N)C(=O)N(CCOC)CC(=O)N(C)C. The molecule has 0 rings (SSSR count). The smallest absolute Gasteiger partial charge is 0.241 e. The molecular formula is C12H25N3O3. The van der Waals surface area contributed by atoms with Crippen LogP contribution in [0.3, 0.4) is 0 Å². The summed E-state index contributed by atoms with van der Waals surface area (Å²) in [5.41, 5.74) is 5.80. The zero-order valence-corrected chi connectivity index (χ0v) is 11.8. The van der Waals surface area contributed by atoms with Gasteiger partial charge in [-0.3, -0.25) is 9.59 Å². The molecule has 0 aliphatic heterocycles. The van der Waals surface area contributed by atoms with Crippen LogP contribution >= 0.6 is 0 Å². The van der Waals surface area contributed by atoms with Crippen molar-refractivity contribution in [2.75, 3.05) is 40.9 Å². The van der Waals surface area contributed by atoms with Gasteiger partial charge in [0.25, 0.3) is 0 Å². The fraction of sp³-hybridized carbons (Fsp3) is 0.833. The number of hydrogen-bond acceptors (Lipinski definition) is 4. The zero-order valence-electron chi connectivity index (χ0n) is 11.8. The molecule has 0 fully saturated rings. The standard InChI is InChI=1S/C12H25N3O3/c1-5-6-10(13)12(17)15(7-8-18-4)9-11(16)14(2)3/h10H,5-9,13H2,1-4H3. The minimum atomic E-state index is -0.540. The van der Waals surface area contributed by atoms with Crippen LogP contribution in [0.4, 0.5) is 0 Å². The zero-order chi connectivity index (χ0) is 14.1. The molecule has 18 heavy (non-hydrogen) atoms. The van der Waals surface area contributed by atoms with E-state index in [1.54, 1.807) is 21.2 Å². The number of ether oxygens (including phenoxy) is 1. The predicted octanol–water partition coefficient (Wildman–Crippen LogP) is -0.323. The first-order valence-corrected chi connectivity index (χ1v) is 6.17. The molecule has 2 N–H and O–H groups in total. The van der Waals surface area contributed by atoms with Gasteiger partial charge in [0.1, 0.15) is 0 Å². The summed E-state index contributed by atoms with van der Waals surface area (Å²) in [5, 5.41) is 0. The van der Waals surface area contributed by atoms with Gasteiger partial charge in [0.05, 0.1) is 19.2 Å². The first-order valence-electron chi connectivity index (χ1n) is 6.17. The van der Waals surface area contributed by atoms with Crippen molar-refractivity contribution in [3.05, 3.63) is 0 Å². The molecule has 0 spiro atoms. The molecule has 0 aromatic heterocycles. The lowest BCUT2D eigenvalue weighted by atomic mass is 10.1. The number of methoxy groups -OCH3 is 1. The molecule has 1 atom stereocenters. The Balaban J connectivity index is 4.55. The molecule has 0 radical (unpaired) electrons. The van der Waals surface area contributed by atoms with E-state index in [-0.39, 0.29) is 18.4 Å². The first kappa shape index (κ1) is 16.9. The molecule has 0 saturated carbocycles. The molecule has 6 nitrogen and oxygen atoms in total. The molecule has 106 valence electrons. The van der Waals surface area contributed by atoms with Crippen molar-refractivity contribution < 1.29 is 14.3 Å². The van der Waals surface area contributed by atoms with Crippen molar-refractivity contribution >= 4 is 11.8 Å². The Kier molecular flexibility index (Phi) is 8.32. The molecule has 0 heterocycles. The average molecular weight is 259 g/mol. The van der Waals surface area contributed by atoms with Crippen molar-refractivity contribution in [1.82, 2.24) is 9.80 Å². The molecule has 1 unspecified atom stereocenters. The van der Waals surface area contributed by atoms with Gasteiger partial charge in [0, 0.05) is 27.7 Å². The molecule has 0 aromatic rings. The topological polar surface area (TPSA) is 75.9 Å². The maximum atomic E-state index is 12.1. The third kappa shape index (κ3) is 5.97. The van der Waals surface area contributed by atoms with E-state index in [0.717, 1.165) is 6.42 Å². The summed E-state index contributed by atoms with van der Waals surface area (Å²) in [5.74, 6) is -0.313. The largest absolute Gasteiger partial charge is 0.383 e. The van der Waals surface area contributed by atoms with E-state index in [0.29, 0.717) is 19.6 Å². The van der Waals surface area contributed by atoms with E-state index < -0.39 is 6.04 Å². The van der Waals surface area contributed by atoms with E-state index in [1.807, 2.05) is 6.92 Å². The molecule has 0 aromatic carbocycles. The summed E-state index contributed by atoms with van der Waals surface area (Å²) < 4.78 is 4.94. The Morgan fingerprint density at radius 2 is 1.94 bits per heavy atom. The highest BCUT2D eigenvalue weighted by Gasteiger charge is 2.22. The molecular weight excluding hydrogens is 234 g/mol. The number of carbonyl (C=O) groups excluding carboxylic acids is 2. The van der Waals surface area contributed by atoms with E-state index in [1.165, 1.54) is 9.80 Å². The quantitative estimate of drug-likeness (QED) is 0.648. The monoisotopic (exact) mass is 259 g/mol. The van der Waals surface area contributed by atoms with E-state index in [2.05, 4.69) is 0 Å². The second-order valence-corrected chi connectivity index (χ2v) is 4.44. The Hall–Kier alpha value is -1.14. The van der Waals surface area contributed by atoms with E-state index >= 15 is 0 Å². The summed E-state index contributed by atoms with van der Waals surface area (Å²) in [6.45, 7) is 2.79. The van der Waals surface area contributed by atoms with Crippen LogP contribution in [0.15, 0.2) is 0 Å².